The Morgan fingerprint density at radius 1 is 1.32 bits per heavy atom. The molecule has 4 heteroatoms. The molecule has 0 bridgehead atoms. The van der Waals surface area contributed by atoms with Gasteiger partial charge in [-0.15, -0.1) is 0 Å². The van der Waals surface area contributed by atoms with Gasteiger partial charge in [0.05, 0.1) is 12.1 Å². The minimum Gasteiger partial charge on any atom is -0.491 e. The normalized spacial score (nSPS) is 17.9. The van der Waals surface area contributed by atoms with Crippen molar-refractivity contribution in [3.05, 3.63) is 42.2 Å². The molecule has 100 valence electrons. The summed E-state index contributed by atoms with van der Waals surface area (Å²) >= 11 is 0. The monoisotopic (exact) mass is 257 g/mol. The molecule has 2 heterocycles. The van der Waals surface area contributed by atoms with Crippen LogP contribution in [0.1, 0.15) is 31.9 Å². The molecule has 4 nitrogen and oxygen atoms in total. The van der Waals surface area contributed by atoms with Crippen LogP contribution in [0.25, 0.3) is 0 Å². The number of nitrogens with zero attached hydrogens (tertiary/aromatic N) is 2. The summed E-state index contributed by atoms with van der Waals surface area (Å²) in [6, 6.07) is 8.77. The maximum atomic E-state index is 5.68. The second kappa shape index (κ2) is 4.96. The largest absolute Gasteiger partial charge is 0.491 e. The van der Waals surface area contributed by atoms with E-state index in [-0.39, 0.29) is 6.10 Å². The number of imidazole rings is 1. The van der Waals surface area contributed by atoms with Crippen molar-refractivity contribution in [1.82, 2.24) is 9.55 Å². The van der Waals surface area contributed by atoms with Gasteiger partial charge >= 0.3 is 0 Å². The quantitative estimate of drug-likeness (QED) is 0.918. The molecule has 1 unspecified atom stereocenters. The standard InChI is InChI=1S/C15H19N3O/c1-11(2)19-13-5-3-12(4-6-13)14-7-8-16-15-17-9-10-18(14)15/h3-6,9-11,14H,7-8H2,1-2H3,(H,16,17). The summed E-state index contributed by atoms with van der Waals surface area (Å²) < 4.78 is 7.88. The summed E-state index contributed by atoms with van der Waals surface area (Å²) in [5.41, 5.74) is 1.30. The third-order valence-electron chi connectivity index (χ3n) is 3.34. The molecule has 2 aromatic rings. The number of anilines is 1. The lowest BCUT2D eigenvalue weighted by Gasteiger charge is -2.26. The maximum Gasteiger partial charge on any atom is 0.203 e. The first-order valence-corrected chi connectivity index (χ1v) is 6.77. The van der Waals surface area contributed by atoms with Gasteiger partial charge in [0.2, 0.25) is 5.95 Å². The van der Waals surface area contributed by atoms with Gasteiger partial charge in [0.15, 0.2) is 0 Å². The molecule has 1 aliphatic rings. The van der Waals surface area contributed by atoms with Crippen LogP contribution in [0.4, 0.5) is 5.95 Å². The first kappa shape index (κ1) is 12.1. The van der Waals surface area contributed by atoms with Crippen LogP contribution in [0, 0.1) is 0 Å². The van der Waals surface area contributed by atoms with E-state index >= 15 is 0 Å². The van der Waals surface area contributed by atoms with E-state index in [4.69, 9.17) is 4.74 Å². The lowest BCUT2D eigenvalue weighted by atomic mass is 10.0. The fourth-order valence-corrected chi connectivity index (χ4v) is 2.53. The van der Waals surface area contributed by atoms with Crippen LogP contribution in [0.15, 0.2) is 36.7 Å². The number of hydrogen-bond donors (Lipinski definition) is 1. The minimum atomic E-state index is 0.213. The Kier molecular flexibility index (Phi) is 3.15. The number of hydrogen-bond acceptors (Lipinski definition) is 3. The van der Waals surface area contributed by atoms with Crippen molar-refractivity contribution in [2.24, 2.45) is 0 Å². The highest BCUT2D eigenvalue weighted by atomic mass is 16.5. The van der Waals surface area contributed by atoms with Crippen LogP contribution in [0.3, 0.4) is 0 Å². The molecule has 0 saturated carbocycles. The summed E-state index contributed by atoms with van der Waals surface area (Å²) in [5, 5.41) is 3.31. The fourth-order valence-electron chi connectivity index (χ4n) is 2.53. The van der Waals surface area contributed by atoms with Gasteiger partial charge in [-0.25, -0.2) is 4.98 Å². The number of fused-ring (bicyclic) bond motifs is 1. The summed E-state index contributed by atoms with van der Waals surface area (Å²) in [6.07, 6.45) is 5.17. The molecule has 0 spiro atoms. The Balaban J connectivity index is 1.84. The van der Waals surface area contributed by atoms with Crippen molar-refractivity contribution in [2.75, 3.05) is 11.9 Å². The van der Waals surface area contributed by atoms with Gasteiger partial charge in [-0.3, -0.25) is 0 Å². The first-order chi connectivity index (χ1) is 9.24. The second-order valence-electron chi connectivity index (χ2n) is 5.13. The topological polar surface area (TPSA) is 39.1 Å². The zero-order valence-corrected chi connectivity index (χ0v) is 11.3. The molecule has 1 aliphatic heterocycles. The molecule has 1 aromatic carbocycles. The van der Waals surface area contributed by atoms with Gasteiger partial charge in [0.25, 0.3) is 0 Å². The molecule has 0 amide bonds. The average Bonchev–Trinajstić information content (AvgIpc) is 2.87. The highest BCUT2D eigenvalue weighted by molar-refractivity contribution is 5.36. The van der Waals surface area contributed by atoms with Gasteiger partial charge in [-0.05, 0) is 38.0 Å². The van der Waals surface area contributed by atoms with Crippen molar-refractivity contribution in [3.63, 3.8) is 0 Å². The average molecular weight is 257 g/mol. The van der Waals surface area contributed by atoms with Gasteiger partial charge < -0.3 is 14.6 Å². The third kappa shape index (κ3) is 2.43. The second-order valence-corrected chi connectivity index (χ2v) is 5.13. The Morgan fingerprint density at radius 3 is 2.84 bits per heavy atom. The van der Waals surface area contributed by atoms with Crippen molar-refractivity contribution in [1.29, 1.82) is 0 Å². The molecule has 0 aliphatic carbocycles. The van der Waals surface area contributed by atoms with E-state index < -0.39 is 0 Å². The lowest BCUT2D eigenvalue weighted by Crippen LogP contribution is -2.23. The first-order valence-electron chi connectivity index (χ1n) is 6.77. The van der Waals surface area contributed by atoms with E-state index in [2.05, 4.69) is 27.0 Å². The van der Waals surface area contributed by atoms with E-state index in [1.54, 1.807) is 0 Å². The summed E-state index contributed by atoms with van der Waals surface area (Å²) in [4.78, 5) is 4.32. The van der Waals surface area contributed by atoms with Gasteiger partial charge in [0, 0.05) is 18.9 Å². The van der Waals surface area contributed by atoms with Crippen molar-refractivity contribution in [2.45, 2.75) is 32.4 Å². The SMILES string of the molecule is CC(C)Oc1ccc(C2CCNc3nccn32)cc1. The van der Waals surface area contributed by atoms with E-state index in [0.29, 0.717) is 6.04 Å². The van der Waals surface area contributed by atoms with Crippen LogP contribution < -0.4 is 10.1 Å². The van der Waals surface area contributed by atoms with E-state index in [0.717, 1.165) is 24.7 Å². The summed E-state index contributed by atoms with van der Waals surface area (Å²) in [5.74, 6) is 1.89. The van der Waals surface area contributed by atoms with Crippen LogP contribution >= 0.6 is 0 Å². The number of ether oxygens (including phenoxy) is 1. The number of rotatable bonds is 3. The highest BCUT2D eigenvalue weighted by Crippen LogP contribution is 2.29. The molecular formula is C15H19N3O. The Labute approximate surface area is 113 Å². The van der Waals surface area contributed by atoms with Crippen LogP contribution in [-0.2, 0) is 0 Å². The van der Waals surface area contributed by atoms with E-state index in [9.17, 15) is 0 Å². The molecule has 0 fully saturated rings. The predicted molar refractivity (Wildman–Crippen MR) is 75.7 cm³/mol. The van der Waals surface area contributed by atoms with Crippen LogP contribution in [0.5, 0.6) is 5.75 Å². The smallest absolute Gasteiger partial charge is 0.203 e. The zero-order valence-electron chi connectivity index (χ0n) is 11.3. The molecule has 0 saturated heterocycles. The highest BCUT2D eigenvalue weighted by Gasteiger charge is 2.20. The van der Waals surface area contributed by atoms with Gasteiger partial charge in [0.1, 0.15) is 5.75 Å². The predicted octanol–water partition coefficient (Wildman–Crippen LogP) is 3.08. The minimum absolute atomic E-state index is 0.213. The van der Waals surface area contributed by atoms with Crippen molar-refractivity contribution in [3.8, 4) is 5.75 Å². The number of nitrogens with one attached hydrogen (secondary N) is 1. The Bertz CT molecular complexity index is 545. The van der Waals surface area contributed by atoms with Crippen molar-refractivity contribution < 1.29 is 4.74 Å². The summed E-state index contributed by atoms with van der Waals surface area (Å²) in [6.45, 7) is 5.04. The van der Waals surface area contributed by atoms with Crippen LogP contribution in [-0.4, -0.2) is 22.2 Å². The molecule has 0 radical (unpaired) electrons. The van der Waals surface area contributed by atoms with Gasteiger partial charge in [-0.1, -0.05) is 12.1 Å². The molecule has 19 heavy (non-hydrogen) atoms. The van der Waals surface area contributed by atoms with Gasteiger partial charge in [-0.2, -0.15) is 0 Å². The number of benzene rings is 1. The molecular weight excluding hydrogens is 238 g/mol. The molecule has 3 rings (SSSR count). The summed E-state index contributed by atoms with van der Waals surface area (Å²) in [7, 11) is 0. The van der Waals surface area contributed by atoms with Crippen LogP contribution in [0.2, 0.25) is 0 Å². The van der Waals surface area contributed by atoms with E-state index in [1.807, 2.05) is 38.4 Å². The Morgan fingerprint density at radius 2 is 2.11 bits per heavy atom. The molecule has 1 N–H and O–H groups in total. The number of aromatic nitrogens is 2. The molecule has 1 aromatic heterocycles. The lowest BCUT2D eigenvalue weighted by molar-refractivity contribution is 0.242. The van der Waals surface area contributed by atoms with E-state index in [1.165, 1.54) is 5.56 Å². The zero-order chi connectivity index (χ0) is 13.2. The maximum absolute atomic E-state index is 5.68. The third-order valence-corrected chi connectivity index (χ3v) is 3.34. The Hall–Kier alpha value is -1.97. The van der Waals surface area contributed by atoms with Crippen molar-refractivity contribution >= 4 is 5.95 Å². The fraction of sp³-hybridized carbons (Fsp3) is 0.400. The molecule has 1 atom stereocenters.